The first kappa shape index (κ1) is 21.7. The van der Waals surface area contributed by atoms with E-state index in [1.165, 1.54) is 28.5 Å². The standard InChI is InChI=1S/C20H21F3N4O3S/c21-20(22,23)13-30-15-3-1-14(2-4-15)27-18(28)17-16(5-6-24-17)25-19(27)31-12-9-26-7-10-29-11-8-26/h1-6,24H,7-13H2. The third-order valence-corrected chi connectivity index (χ3v) is 5.71. The Hall–Kier alpha value is -2.50. The third kappa shape index (κ3) is 5.41. The molecule has 31 heavy (non-hydrogen) atoms. The highest BCUT2D eigenvalue weighted by atomic mass is 32.2. The highest BCUT2D eigenvalue weighted by Crippen LogP contribution is 2.24. The molecule has 0 radical (unpaired) electrons. The molecule has 0 aliphatic carbocycles. The van der Waals surface area contributed by atoms with E-state index in [2.05, 4.69) is 14.9 Å². The van der Waals surface area contributed by atoms with Gasteiger partial charge in [0.05, 0.1) is 24.4 Å². The van der Waals surface area contributed by atoms with Gasteiger partial charge >= 0.3 is 6.18 Å². The van der Waals surface area contributed by atoms with Crippen LogP contribution < -0.4 is 10.3 Å². The molecule has 1 aliphatic rings. The van der Waals surface area contributed by atoms with Gasteiger partial charge in [0.1, 0.15) is 11.3 Å². The van der Waals surface area contributed by atoms with Gasteiger partial charge in [-0.15, -0.1) is 0 Å². The molecule has 3 heterocycles. The Morgan fingerprint density at radius 1 is 1.16 bits per heavy atom. The summed E-state index contributed by atoms with van der Waals surface area (Å²) in [5, 5.41) is 0.523. The topological polar surface area (TPSA) is 72.4 Å². The molecule has 1 aromatic carbocycles. The van der Waals surface area contributed by atoms with Crippen molar-refractivity contribution in [1.29, 1.82) is 0 Å². The Morgan fingerprint density at radius 3 is 2.61 bits per heavy atom. The maximum absolute atomic E-state index is 13.1. The van der Waals surface area contributed by atoms with Crippen LogP contribution in [0.1, 0.15) is 0 Å². The summed E-state index contributed by atoms with van der Waals surface area (Å²) in [6.45, 7) is 2.63. The summed E-state index contributed by atoms with van der Waals surface area (Å²) in [4.78, 5) is 22.9. The Morgan fingerprint density at radius 2 is 1.90 bits per heavy atom. The van der Waals surface area contributed by atoms with Crippen LogP contribution in [0.15, 0.2) is 46.5 Å². The molecule has 1 fully saturated rings. The van der Waals surface area contributed by atoms with Crippen molar-refractivity contribution < 1.29 is 22.6 Å². The molecule has 0 spiro atoms. The van der Waals surface area contributed by atoms with Gasteiger partial charge in [-0.1, -0.05) is 11.8 Å². The maximum atomic E-state index is 13.1. The van der Waals surface area contributed by atoms with Crippen LogP contribution in [0.4, 0.5) is 13.2 Å². The smallest absolute Gasteiger partial charge is 0.422 e. The van der Waals surface area contributed by atoms with E-state index < -0.39 is 12.8 Å². The SMILES string of the molecule is O=c1c2[nH]ccc2nc(SCCN2CCOCC2)n1-c1ccc(OCC(F)(F)F)cc1. The molecule has 166 valence electrons. The summed E-state index contributed by atoms with van der Waals surface area (Å²) in [5.41, 5.74) is 1.17. The lowest BCUT2D eigenvalue weighted by Gasteiger charge is -2.26. The maximum Gasteiger partial charge on any atom is 0.422 e. The Kier molecular flexibility index (Phi) is 6.54. The number of fused-ring (bicyclic) bond motifs is 1. The van der Waals surface area contributed by atoms with Crippen molar-refractivity contribution in [2.45, 2.75) is 11.3 Å². The number of hydrogen-bond donors (Lipinski definition) is 1. The van der Waals surface area contributed by atoms with Gasteiger partial charge in [-0.25, -0.2) is 4.98 Å². The number of H-pyrrole nitrogens is 1. The molecule has 2 aromatic heterocycles. The van der Waals surface area contributed by atoms with Crippen molar-refractivity contribution in [2.24, 2.45) is 0 Å². The molecule has 11 heteroatoms. The van der Waals surface area contributed by atoms with Gasteiger partial charge in [0.25, 0.3) is 5.56 Å². The summed E-state index contributed by atoms with van der Waals surface area (Å²) in [6, 6.07) is 7.66. The van der Waals surface area contributed by atoms with Gasteiger partial charge in [-0.3, -0.25) is 14.3 Å². The average molecular weight is 454 g/mol. The number of thioether (sulfide) groups is 1. The van der Waals surface area contributed by atoms with E-state index in [0.717, 1.165) is 25.4 Å². The fraction of sp³-hybridized carbons (Fsp3) is 0.400. The third-order valence-electron chi connectivity index (χ3n) is 4.79. The lowest BCUT2D eigenvalue weighted by atomic mass is 10.3. The first-order valence-corrected chi connectivity index (χ1v) is 10.7. The molecule has 1 saturated heterocycles. The van der Waals surface area contributed by atoms with Crippen LogP contribution in [0.2, 0.25) is 0 Å². The predicted molar refractivity (Wildman–Crippen MR) is 111 cm³/mol. The van der Waals surface area contributed by atoms with Crippen molar-refractivity contribution in [1.82, 2.24) is 19.4 Å². The minimum Gasteiger partial charge on any atom is -0.484 e. The average Bonchev–Trinajstić information content (AvgIpc) is 3.22. The summed E-state index contributed by atoms with van der Waals surface area (Å²) in [7, 11) is 0. The zero-order chi connectivity index (χ0) is 21.8. The second kappa shape index (κ2) is 9.33. The number of benzene rings is 1. The first-order chi connectivity index (χ1) is 14.9. The fourth-order valence-electron chi connectivity index (χ4n) is 3.25. The molecule has 1 N–H and O–H groups in total. The van der Waals surface area contributed by atoms with E-state index in [4.69, 9.17) is 9.47 Å². The van der Waals surface area contributed by atoms with Crippen LogP contribution in [0.25, 0.3) is 16.7 Å². The van der Waals surface area contributed by atoms with Gasteiger partial charge in [-0.05, 0) is 30.3 Å². The van der Waals surface area contributed by atoms with Crippen LogP contribution in [0.3, 0.4) is 0 Å². The number of morpholine rings is 1. The number of rotatable bonds is 7. The number of hydrogen-bond acceptors (Lipinski definition) is 6. The molecular weight excluding hydrogens is 433 g/mol. The normalized spacial score (nSPS) is 15.5. The van der Waals surface area contributed by atoms with Gasteiger partial charge in [0, 0.05) is 31.6 Å². The van der Waals surface area contributed by atoms with Crippen LogP contribution in [-0.4, -0.2) is 70.8 Å². The predicted octanol–water partition coefficient (Wildman–Crippen LogP) is 3.08. The fourth-order valence-corrected chi connectivity index (χ4v) is 4.26. The van der Waals surface area contributed by atoms with Crippen LogP contribution in [0, 0.1) is 0 Å². The van der Waals surface area contributed by atoms with E-state index in [1.54, 1.807) is 24.4 Å². The van der Waals surface area contributed by atoms with Crippen molar-refractivity contribution in [3.05, 3.63) is 46.9 Å². The lowest BCUT2D eigenvalue weighted by Crippen LogP contribution is -2.37. The zero-order valence-electron chi connectivity index (χ0n) is 16.5. The highest BCUT2D eigenvalue weighted by molar-refractivity contribution is 7.99. The number of aromatic nitrogens is 3. The van der Waals surface area contributed by atoms with E-state index in [9.17, 15) is 18.0 Å². The first-order valence-electron chi connectivity index (χ1n) is 9.74. The Bertz CT molecular complexity index is 1080. The highest BCUT2D eigenvalue weighted by Gasteiger charge is 2.28. The van der Waals surface area contributed by atoms with Gasteiger partial charge in [0.2, 0.25) is 0 Å². The number of alkyl halides is 3. The molecule has 4 rings (SSSR count). The number of halogens is 3. The number of aromatic amines is 1. The van der Waals surface area contributed by atoms with Gasteiger partial charge in [0.15, 0.2) is 11.8 Å². The Labute approximate surface area is 180 Å². The molecule has 7 nitrogen and oxygen atoms in total. The van der Waals surface area contributed by atoms with Gasteiger partial charge < -0.3 is 14.5 Å². The van der Waals surface area contributed by atoms with E-state index in [1.807, 2.05) is 0 Å². The lowest BCUT2D eigenvalue weighted by molar-refractivity contribution is -0.153. The molecule has 0 amide bonds. The van der Waals surface area contributed by atoms with E-state index in [0.29, 0.717) is 35.1 Å². The van der Waals surface area contributed by atoms with E-state index in [-0.39, 0.29) is 11.3 Å². The van der Waals surface area contributed by atoms with Crippen molar-refractivity contribution in [3.8, 4) is 11.4 Å². The summed E-state index contributed by atoms with van der Waals surface area (Å²) >= 11 is 1.46. The molecule has 0 unspecified atom stereocenters. The molecular formula is C20H21F3N4O3S. The van der Waals surface area contributed by atoms with Crippen molar-refractivity contribution in [2.75, 3.05) is 45.2 Å². The summed E-state index contributed by atoms with van der Waals surface area (Å²) in [5.74, 6) is 0.805. The van der Waals surface area contributed by atoms with Crippen molar-refractivity contribution in [3.63, 3.8) is 0 Å². The largest absolute Gasteiger partial charge is 0.484 e. The van der Waals surface area contributed by atoms with Crippen LogP contribution in [-0.2, 0) is 4.74 Å². The summed E-state index contributed by atoms with van der Waals surface area (Å²) in [6.07, 6.45) is -2.76. The minimum absolute atomic E-state index is 0.0737. The van der Waals surface area contributed by atoms with Crippen LogP contribution in [0.5, 0.6) is 5.75 Å². The van der Waals surface area contributed by atoms with Crippen molar-refractivity contribution >= 4 is 22.8 Å². The zero-order valence-corrected chi connectivity index (χ0v) is 17.3. The second-order valence-electron chi connectivity index (χ2n) is 6.97. The monoisotopic (exact) mass is 454 g/mol. The van der Waals surface area contributed by atoms with Gasteiger partial charge in [-0.2, -0.15) is 13.2 Å². The molecule has 0 saturated carbocycles. The Balaban J connectivity index is 1.57. The molecule has 1 aliphatic heterocycles. The number of nitrogens with zero attached hydrogens (tertiary/aromatic N) is 3. The summed E-state index contributed by atoms with van der Waals surface area (Å²) < 4.78 is 48.7. The number of ether oxygens (including phenoxy) is 2. The second-order valence-corrected chi connectivity index (χ2v) is 8.04. The minimum atomic E-state index is -4.41. The van der Waals surface area contributed by atoms with E-state index >= 15 is 0 Å². The molecule has 0 atom stereocenters. The quantitative estimate of drug-likeness (QED) is 0.437. The molecule has 0 bridgehead atoms. The number of nitrogens with one attached hydrogen (secondary N) is 1. The van der Waals surface area contributed by atoms with Crippen LogP contribution >= 0.6 is 11.8 Å². The molecule has 3 aromatic rings.